The quantitative estimate of drug-likeness (QED) is 0.846. The number of amides is 1. The van der Waals surface area contributed by atoms with Gasteiger partial charge in [-0.25, -0.2) is 0 Å². The summed E-state index contributed by atoms with van der Waals surface area (Å²) < 4.78 is 4.81. The second-order valence-electron chi connectivity index (χ2n) is 2.97. The minimum absolute atomic E-state index is 0.203. The average Bonchev–Trinajstić information content (AvgIpc) is 2.74. The van der Waals surface area contributed by atoms with Crippen LogP contribution in [0.25, 0.3) is 0 Å². The van der Waals surface area contributed by atoms with Gasteiger partial charge in [-0.05, 0) is 30.3 Å². The number of hydrogen-bond acceptors (Lipinski definition) is 2. The number of furan rings is 1. The molecule has 0 aliphatic heterocycles. The van der Waals surface area contributed by atoms with E-state index in [4.69, 9.17) is 16.0 Å². The van der Waals surface area contributed by atoms with Crippen LogP contribution in [0.15, 0.2) is 47.3 Å². The second kappa shape index (κ2) is 4.19. The van der Waals surface area contributed by atoms with Crippen molar-refractivity contribution in [3.8, 4) is 0 Å². The van der Waals surface area contributed by atoms with Gasteiger partial charge in [-0.2, -0.15) is 0 Å². The molecule has 1 aromatic heterocycles. The van der Waals surface area contributed by atoms with Crippen LogP contribution < -0.4 is 5.32 Å². The van der Waals surface area contributed by atoms with Crippen LogP contribution in [0, 0.1) is 0 Å². The Kier molecular flexibility index (Phi) is 2.74. The first-order chi connectivity index (χ1) is 7.25. The van der Waals surface area contributed by atoms with E-state index in [-0.39, 0.29) is 5.91 Å². The lowest BCUT2D eigenvalue weighted by molar-refractivity contribution is 0.102. The Hall–Kier alpha value is -1.74. The van der Waals surface area contributed by atoms with Gasteiger partial charge in [0.25, 0.3) is 5.91 Å². The summed E-state index contributed by atoms with van der Waals surface area (Å²) >= 11 is 5.72. The molecular weight excluding hydrogens is 214 g/mol. The molecule has 0 saturated heterocycles. The molecule has 15 heavy (non-hydrogen) atoms. The molecule has 2 aromatic rings. The first kappa shape index (κ1) is 9.80. The molecule has 1 N–H and O–H groups in total. The van der Waals surface area contributed by atoms with Crippen LogP contribution in [0.1, 0.15) is 10.4 Å². The van der Waals surface area contributed by atoms with Gasteiger partial charge < -0.3 is 9.73 Å². The number of carbonyl (C=O) groups is 1. The predicted molar refractivity (Wildman–Crippen MR) is 58.1 cm³/mol. The van der Waals surface area contributed by atoms with E-state index in [1.807, 2.05) is 0 Å². The van der Waals surface area contributed by atoms with Gasteiger partial charge in [-0.3, -0.25) is 4.79 Å². The van der Waals surface area contributed by atoms with Crippen molar-refractivity contribution in [3.05, 3.63) is 53.4 Å². The van der Waals surface area contributed by atoms with Crippen molar-refractivity contribution in [2.24, 2.45) is 0 Å². The summed E-state index contributed by atoms with van der Waals surface area (Å²) in [5, 5.41) is 3.35. The highest BCUT2D eigenvalue weighted by Gasteiger charge is 2.06. The molecule has 1 amide bonds. The third-order valence-corrected chi connectivity index (χ3v) is 2.14. The number of benzene rings is 1. The van der Waals surface area contributed by atoms with E-state index in [0.29, 0.717) is 16.3 Å². The maximum Gasteiger partial charge on any atom is 0.258 e. The molecule has 0 spiro atoms. The van der Waals surface area contributed by atoms with Crippen LogP contribution in [0.4, 0.5) is 5.69 Å². The predicted octanol–water partition coefficient (Wildman–Crippen LogP) is 3.19. The van der Waals surface area contributed by atoms with Gasteiger partial charge in [-0.15, -0.1) is 0 Å². The second-order valence-corrected chi connectivity index (χ2v) is 3.41. The van der Waals surface area contributed by atoms with Crippen molar-refractivity contribution in [1.29, 1.82) is 0 Å². The van der Waals surface area contributed by atoms with Crippen molar-refractivity contribution in [2.45, 2.75) is 0 Å². The Balaban J connectivity index is 2.09. The first-order valence-electron chi connectivity index (χ1n) is 4.35. The van der Waals surface area contributed by atoms with Gasteiger partial charge in [0.1, 0.15) is 6.26 Å². The highest BCUT2D eigenvalue weighted by molar-refractivity contribution is 6.30. The van der Waals surface area contributed by atoms with Crippen LogP contribution in [0.2, 0.25) is 5.02 Å². The lowest BCUT2D eigenvalue weighted by atomic mass is 10.3. The number of rotatable bonds is 2. The van der Waals surface area contributed by atoms with E-state index in [9.17, 15) is 4.79 Å². The summed E-state index contributed by atoms with van der Waals surface area (Å²) in [6.45, 7) is 0. The normalized spacial score (nSPS) is 9.93. The van der Waals surface area contributed by atoms with Crippen molar-refractivity contribution < 1.29 is 9.21 Å². The minimum Gasteiger partial charge on any atom is -0.472 e. The van der Waals surface area contributed by atoms with E-state index >= 15 is 0 Å². The van der Waals surface area contributed by atoms with Gasteiger partial charge in [-0.1, -0.05) is 11.6 Å². The topological polar surface area (TPSA) is 42.2 Å². The summed E-state index contributed by atoms with van der Waals surface area (Å²) in [4.78, 5) is 11.6. The Bertz CT molecular complexity index is 448. The zero-order valence-electron chi connectivity index (χ0n) is 7.74. The third-order valence-electron chi connectivity index (χ3n) is 1.89. The third kappa shape index (κ3) is 2.39. The van der Waals surface area contributed by atoms with Crippen molar-refractivity contribution in [2.75, 3.05) is 5.32 Å². The molecule has 1 heterocycles. The molecule has 2 rings (SSSR count). The summed E-state index contributed by atoms with van der Waals surface area (Å²) in [6.07, 6.45) is 2.85. The Morgan fingerprint density at radius 1 is 1.20 bits per heavy atom. The highest BCUT2D eigenvalue weighted by Crippen LogP contribution is 2.14. The van der Waals surface area contributed by atoms with E-state index in [1.165, 1.54) is 12.5 Å². The molecule has 0 radical (unpaired) electrons. The van der Waals surface area contributed by atoms with E-state index < -0.39 is 0 Å². The smallest absolute Gasteiger partial charge is 0.258 e. The zero-order chi connectivity index (χ0) is 10.7. The first-order valence-corrected chi connectivity index (χ1v) is 4.72. The van der Waals surface area contributed by atoms with E-state index in [0.717, 1.165) is 0 Å². The van der Waals surface area contributed by atoms with Gasteiger partial charge in [0, 0.05) is 10.7 Å². The van der Waals surface area contributed by atoms with Crippen LogP contribution in [-0.2, 0) is 0 Å². The van der Waals surface area contributed by atoms with Crippen molar-refractivity contribution in [3.63, 3.8) is 0 Å². The molecule has 0 fully saturated rings. The van der Waals surface area contributed by atoms with Gasteiger partial charge >= 0.3 is 0 Å². The summed E-state index contributed by atoms with van der Waals surface area (Å²) in [5.41, 5.74) is 1.19. The van der Waals surface area contributed by atoms with Crippen LogP contribution in [0.3, 0.4) is 0 Å². The Morgan fingerprint density at radius 2 is 1.93 bits per heavy atom. The molecule has 0 aliphatic rings. The zero-order valence-corrected chi connectivity index (χ0v) is 8.49. The molecular formula is C11H8ClNO2. The van der Waals surface area contributed by atoms with Crippen LogP contribution in [-0.4, -0.2) is 5.91 Å². The number of hydrogen-bond donors (Lipinski definition) is 1. The van der Waals surface area contributed by atoms with Crippen molar-refractivity contribution >= 4 is 23.2 Å². The van der Waals surface area contributed by atoms with Gasteiger partial charge in [0.05, 0.1) is 11.8 Å². The molecule has 3 nitrogen and oxygen atoms in total. The fourth-order valence-corrected chi connectivity index (χ4v) is 1.26. The van der Waals surface area contributed by atoms with Crippen molar-refractivity contribution in [1.82, 2.24) is 0 Å². The maximum absolute atomic E-state index is 11.6. The molecule has 0 atom stereocenters. The van der Waals surface area contributed by atoms with Gasteiger partial charge in [0.15, 0.2) is 0 Å². The maximum atomic E-state index is 11.6. The molecule has 1 aromatic carbocycles. The standard InChI is InChI=1S/C11H8ClNO2/c12-9-1-3-10(4-2-9)13-11(14)8-5-6-15-7-8/h1-7H,(H,13,14). The SMILES string of the molecule is O=C(Nc1ccc(Cl)cc1)c1ccoc1. The molecule has 0 unspecified atom stereocenters. The summed E-state index contributed by atoms with van der Waals surface area (Å²) in [5.74, 6) is -0.203. The van der Waals surface area contributed by atoms with Crippen LogP contribution >= 0.6 is 11.6 Å². The minimum atomic E-state index is -0.203. The lowest BCUT2D eigenvalue weighted by Gasteiger charge is -2.02. The number of nitrogens with one attached hydrogen (secondary N) is 1. The highest BCUT2D eigenvalue weighted by atomic mass is 35.5. The van der Waals surface area contributed by atoms with Crippen LogP contribution in [0.5, 0.6) is 0 Å². The molecule has 0 aliphatic carbocycles. The average molecular weight is 222 g/mol. The number of anilines is 1. The monoisotopic (exact) mass is 221 g/mol. The molecule has 4 heteroatoms. The fraction of sp³-hybridized carbons (Fsp3) is 0. The molecule has 0 bridgehead atoms. The van der Waals surface area contributed by atoms with E-state index in [2.05, 4.69) is 5.32 Å². The fourth-order valence-electron chi connectivity index (χ4n) is 1.13. The Labute approximate surface area is 91.7 Å². The Morgan fingerprint density at radius 3 is 2.53 bits per heavy atom. The molecule has 76 valence electrons. The molecule has 0 saturated carbocycles. The summed E-state index contributed by atoms with van der Waals surface area (Å²) in [6, 6.07) is 8.50. The number of carbonyl (C=O) groups excluding carboxylic acids is 1. The van der Waals surface area contributed by atoms with Gasteiger partial charge in [0.2, 0.25) is 0 Å². The number of halogens is 1. The lowest BCUT2D eigenvalue weighted by Crippen LogP contribution is -2.10. The van der Waals surface area contributed by atoms with E-state index in [1.54, 1.807) is 30.3 Å². The summed E-state index contributed by atoms with van der Waals surface area (Å²) in [7, 11) is 0. The largest absolute Gasteiger partial charge is 0.472 e.